The lowest BCUT2D eigenvalue weighted by molar-refractivity contribution is -0.0564. The van der Waals surface area contributed by atoms with Crippen LogP contribution in [-0.4, -0.2) is 93.9 Å². The average molecular weight is 726 g/mol. The Morgan fingerprint density at radius 2 is 1.35 bits per heavy atom. The van der Waals surface area contributed by atoms with Crippen molar-refractivity contribution in [3.63, 3.8) is 0 Å². The largest absolute Gasteiger partial charge is 0.660 e. The van der Waals surface area contributed by atoms with Crippen LogP contribution in [0.25, 0.3) is 22.3 Å². The summed E-state index contributed by atoms with van der Waals surface area (Å²) in [6.07, 6.45) is -11.7. The first kappa shape index (κ1) is 31.7. The lowest BCUT2D eigenvalue weighted by atomic mass is 10.1. The number of imidazole rings is 2. The van der Waals surface area contributed by atoms with Crippen molar-refractivity contribution < 1.29 is 45.8 Å². The number of aromatic amines is 2. The summed E-state index contributed by atoms with van der Waals surface area (Å²) in [4.78, 5) is 55.7. The lowest BCUT2D eigenvalue weighted by Gasteiger charge is -2.33. The molecule has 0 amide bonds. The van der Waals surface area contributed by atoms with Gasteiger partial charge in [-0.2, -0.15) is 9.97 Å². The second-order valence-corrected chi connectivity index (χ2v) is 15.7. The number of nitrogens with one attached hydrogen (secondary N) is 2. The number of ether oxygens (including phenoxy) is 2. The van der Waals surface area contributed by atoms with Gasteiger partial charge in [-0.25, -0.2) is 18.7 Å². The maximum absolute atomic E-state index is 16.0. The van der Waals surface area contributed by atoms with Crippen LogP contribution in [0.3, 0.4) is 0 Å². The SMILES string of the molecule is Nc1nc2c(ncn2[C@@H]2O[C@@H]3COP(O)(=S)O[C@H]4[C@@H](F)[C@H](n5cnc6c(=O)[nH]c(N)nc65)O[C@@H]4COP(=O)([S-])O[C@H]3[C@H]2F)c(=O)[nH]1. The summed E-state index contributed by atoms with van der Waals surface area (Å²) < 4.78 is 80.6. The monoisotopic (exact) mass is 725 g/mol. The molecule has 10 atom stereocenters. The highest BCUT2D eigenvalue weighted by atomic mass is 32.7. The van der Waals surface area contributed by atoms with E-state index in [9.17, 15) is 19.0 Å². The maximum atomic E-state index is 16.0. The Morgan fingerprint density at radius 3 is 1.85 bits per heavy atom. The molecule has 3 aliphatic heterocycles. The molecule has 7 N–H and O–H groups in total. The van der Waals surface area contributed by atoms with Crippen LogP contribution in [0, 0.1) is 0 Å². The van der Waals surface area contributed by atoms with Gasteiger partial charge in [-0.3, -0.25) is 37.8 Å². The van der Waals surface area contributed by atoms with Crippen molar-refractivity contribution in [2.24, 2.45) is 0 Å². The minimum absolute atomic E-state index is 0.134. The number of hydrogen-bond acceptors (Lipinski definition) is 17. The third-order valence-corrected chi connectivity index (χ3v) is 10.4. The molecule has 3 saturated heterocycles. The number of anilines is 2. The van der Waals surface area contributed by atoms with E-state index in [-0.39, 0.29) is 34.2 Å². The predicted molar refractivity (Wildman–Crippen MR) is 156 cm³/mol. The van der Waals surface area contributed by atoms with Gasteiger partial charge in [0.2, 0.25) is 11.9 Å². The Morgan fingerprint density at radius 1 is 0.891 bits per heavy atom. The Hall–Kier alpha value is -2.89. The van der Waals surface area contributed by atoms with Gasteiger partial charge >= 0.3 is 6.72 Å². The zero-order valence-corrected chi connectivity index (χ0v) is 26.0. The van der Waals surface area contributed by atoms with E-state index in [0.29, 0.717) is 0 Å². The Balaban J connectivity index is 1.18. The van der Waals surface area contributed by atoms with Gasteiger partial charge in [0.15, 0.2) is 53.9 Å². The molecule has 0 bridgehead atoms. The number of nitrogen functional groups attached to an aromatic ring is 2. The van der Waals surface area contributed by atoms with E-state index in [1.54, 1.807) is 0 Å². The van der Waals surface area contributed by atoms with Gasteiger partial charge in [0, 0.05) is 0 Å². The highest BCUT2D eigenvalue weighted by Gasteiger charge is 2.53. The van der Waals surface area contributed by atoms with Gasteiger partial charge in [0.1, 0.15) is 24.4 Å². The Kier molecular flexibility index (Phi) is 7.84. The van der Waals surface area contributed by atoms with Crippen molar-refractivity contribution in [3.8, 4) is 0 Å². The molecule has 26 heteroatoms. The molecule has 0 aliphatic carbocycles. The fourth-order valence-corrected chi connectivity index (χ4v) is 8.17. The quantitative estimate of drug-likeness (QED) is 0.130. The van der Waals surface area contributed by atoms with Crippen molar-refractivity contribution in [2.75, 3.05) is 24.7 Å². The van der Waals surface area contributed by atoms with E-state index in [1.165, 1.54) is 0 Å². The number of H-pyrrole nitrogens is 2. The molecule has 4 aromatic rings. The first-order chi connectivity index (χ1) is 21.7. The van der Waals surface area contributed by atoms with Gasteiger partial charge in [0.05, 0.1) is 25.9 Å². The van der Waals surface area contributed by atoms with Crippen molar-refractivity contribution in [2.45, 2.75) is 49.2 Å². The molecular weight excluding hydrogens is 704 g/mol. The summed E-state index contributed by atoms with van der Waals surface area (Å²) in [5.41, 5.74) is 9.25. The molecular formula is C20H21F2N10O10P2S2-. The number of aromatic nitrogens is 8. The van der Waals surface area contributed by atoms with Crippen LogP contribution in [0.4, 0.5) is 20.7 Å². The molecule has 0 saturated carbocycles. The molecule has 46 heavy (non-hydrogen) atoms. The lowest BCUT2D eigenvalue weighted by Crippen LogP contribution is -2.37. The first-order valence-electron chi connectivity index (χ1n) is 13.0. The standard InChI is InChI=1S/C20H22F2N10O10P2S2/c21-7-11-5(39-17(7)31-3-25-9-13(31)27-19(23)29-15(9)33)1-37-43(35,45)42-12-6(2-38-44(36,46)41-11)40-18(8(12)22)32-4-26-10-14(32)28-20(24)30-16(10)34/h3-8,11-12,17-18H,1-2H2,(H,35,45)(H,36,46)(H3,23,27,29,33)(H3,24,28,30,34)/p-1/t5-,6-,7-,8-,11-,12-,17-,18-,43?,44?/m1/s1. The van der Waals surface area contributed by atoms with Gasteiger partial charge in [0.25, 0.3) is 11.1 Å². The van der Waals surface area contributed by atoms with E-state index in [1.807, 2.05) is 0 Å². The number of fused-ring (bicyclic) bond motifs is 4. The van der Waals surface area contributed by atoms with Crippen LogP contribution < -0.4 is 22.6 Å². The van der Waals surface area contributed by atoms with Crippen LogP contribution in [0.15, 0.2) is 22.2 Å². The third kappa shape index (κ3) is 5.56. The smallest absolute Gasteiger partial charge is 0.325 e. The fourth-order valence-electron chi connectivity index (χ4n) is 5.31. The van der Waals surface area contributed by atoms with E-state index < -0.39 is 87.1 Å². The second-order valence-electron chi connectivity index (χ2n) is 10.2. The normalized spacial score (nSPS) is 37.1. The third-order valence-electron chi connectivity index (χ3n) is 7.29. The summed E-state index contributed by atoms with van der Waals surface area (Å²) >= 11 is 10.1. The van der Waals surface area contributed by atoms with E-state index >= 15 is 8.78 Å². The second kappa shape index (κ2) is 11.4. The van der Waals surface area contributed by atoms with Crippen molar-refractivity contribution >= 4 is 71.8 Å². The number of hydrogen-bond donors (Lipinski definition) is 5. The molecule has 248 valence electrons. The van der Waals surface area contributed by atoms with E-state index in [4.69, 9.17) is 63.1 Å². The molecule has 7 rings (SSSR count). The highest BCUT2D eigenvalue weighted by molar-refractivity contribution is 8.32. The van der Waals surface area contributed by atoms with Gasteiger partial charge < -0.3 is 51.7 Å². The number of nitrogens with zero attached hydrogens (tertiary/aromatic N) is 6. The Bertz CT molecular complexity index is 1920. The number of nitrogens with two attached hydrogens (primary N) is 2. The van der Waals surface area contributed by atoms with Crippen molar-refractivity contribution in [3.05, 3.63) is 33.4 Å². The Labute approximate surface area is 263 Å². The average Bonchev–Trinajstić information content (AvgIpc) is 3.72. The maximum Gasteiger partial charge on any atom is 0.325 e. The molecule has 20 nitrogen and oxygen atoms in total. The van der Waals surface area contributed by atoms with Crippen molar-refractivity contribution in [1.82, 2.24) is 39.0 Å². The summed E-state index contributed by atoms with van der Waals surface area (Å²) in [6, 6.07) is 0. The number of rotatable bonds is 2. The van der Waals surface area contributed by atoms with Crippen molar-refractivity contribution in [1.29, 1.82) is 0 Å². The summed E-state index contributed by atoms with van der Waals surface area (Å²) in [5, 5.41) is 0. The molecule has 4 aromatic heterocycles. The molecule has 3 aliphatic rings. The highest BCUT2D eigenvalue weighted by Crippen LogP contribution is 2.55. The number of halogens is 2. The zero-order valence-electron chi connectivity index (χ0n) is 22.6. The summed E-state index contributed by atoms with van der Waals surface area (Å²) in [7, 11) is 0. The molecule has 0 radical (unpaired) electrons. The van der Waals surface area contributed by atoms with Crippen LogP contribution in [0.1, 0.15) is 12.5 Å². The fraction of sp³-hybridized carbons (Fsp3) is 0.500. The van der Waals surface area contributed by atoms with Crippen LogP contribution in [-0.2, 0) is 56.2 Å². The molecule has 2 unspecified atom stereocenters. The van der Waals surface area contributed by atoms with Gasteiger partial charge in [-0.15, -0.1) is 0 Å². The molecule has 0 spiro atoms. The van der Waals surface area contributed by atoms with E-state index in [2.05, 4.69) is 29.9 Å². The van der Waals surface area contributed by atoms with Crippen LogP contribution >= 0.6 is 13.5 Å². The summed E-state index contributed by atoms with van der Waals surface area (Å²) in [6.45, 7) is -10.4. The van der Waals surface area contributed by atoms with E-state index in [0.717, 1.165) is 21.8 Å². The molecule has 0 aromatic carbocycles. The zero-order chi connectivity index (χ0) is 32.7. The topological polar surface area (TPSA) is 272 Å². The predicted octanol–water partition coefficient (Wildman–Crippen LogP) is -0.423. The molecule has 3 fully saturated rings. The minimum atomic E-state index is -4.58. The number of alkyl halides is 2. The minimum Gasteiger partial charge on any atom is -0.660 e. The van der Waals surface area contributed by atoms with Crippen LogP contribution in [0.2, 0.25) is 0 Å². The first-order valence-corrected chi connectivity index (χ1v) is 18.2. The van der Waals surface area contributed by atoms with Crippen LogP contribution in [0.5, 0.6) is 0 Å². The van der Waals surface area contributed by atoms with Gasteiger partial charge in [-0.05, 0) is 11.8 Å². The summed E-state index contributed by atoms with van der Waals surface area (Å²) in [5.74, 6) is -0.560. The molecule has 7 heterocycles. The van der Waals surface area contributed by atoms with Gasteiger partial charge in [-0.1, -0.05) is 0 Å².